The first-order valence-electron chi connectivity index (χ1n) is 7.44. The van der Waals surface area contributed by atoms with Crippen molar-refractivity contribution in [2.45, 2.75) is 56.5 Å². The molecule has 2 N–H and O–H groups in total. The van der Waals surface area contributed by atoms with Crippen LogP contribution in [0.4, 0.5) is 13.2 Å². The highest BCUT2D eigenvalue weighted by Crippen LogP contribution is 2.43. The number of halogens is 3. The number of piperidine rings is 1. The molecular weight excluding hydrogens is 279 g/mol. The highest BCUT2D eigenvalue weighted by atomic mass is 19.4. The van der Waals surface area contributed by atoms with Crippen LogP contribution in [0, 0.1) is 5.92 Å². The Morgan fingerprint density at radius 2 is 1.76 bits per heavy atom. The Balaban J connectivity index is 1.83. The lowest BCUT2D eigenvalue weighted by Crippen LogP contribution is -2.51. The molecule has 1 saturated carbocycles. The molecule has 3 rings (SSSR count). The third-order valence-electron chi connectivity index (χ3n) is 4.64. The van der Waals surface area contributed by atoms with Gasteiger partial charge in [-0.2, -0.15) is 13.2 Å². The first-order chi connectivity index (χ1) is 9.78. The second kappa shape index (κ2) is 4.99. The molecule has 0 aromatic heterocycles. The zero-order chi connectivity index (χ0) is 15.3. The summed E-state index contributed by atoms with van der Waals surface area (Å²) in [5.41, 5.74) is -1.10. The SMILES string of the molecule is CC1CC(O)(c2ccc(C(F)(F)F)cc2)CC(C2CC2)N1. The second-order valence-electron chi connectivity index (χ2n) is 6.53. The Morgan fingerprint density at radius 3 is 2.29 bits per heavy atom. The van der Waals surface area contributed by atoms with Gasteiger partial charge in [0.1, 0.15) is 0 Å². The molecule has 3 atom stereocenters. The van der Waals surface area contributed by atoms with Gasteiger partial charge in [0.05, 0.1) is 11.2 Å². The number of rotatable bonds is 2. The van der Waals surface area contributed by atoms with Crippen LogP contribution >= 0.6 is 0 Å². The summed E-state index contributed by atoms with van der Waals surface area (Å²) in [7, 11) is 0. The topological polar surface area (TPSA) is 32.3 Å². The van der Waals surface area contributed by atoms with E-state index in [1.165, 1.54) is 25.0 Å². The van der Waals surface area contributed by atoms with Crippen molar-refractivity contribution in [2.24, 2.45) is 5.92 Å². The van der Waals surface area contributed by atoms with Crippen molar-refractivity contribution in [3.63, 3.8) is 0 Å². The van der Waals surface area contributed by atoms with Gasteiger partial charge in [-0.05, 0) is 56.2 Å². The van der Waals surface area contributed by atoms with Crippen molar-refractivity contribution in [1.82, 2.24) is 5.32 Å². The quantitative estimate of drug-likeness (QED) is 0.877. The lowest BCUT2D eigenvalue weighted by molar-refractivity contribution is -0.137. The maximum absolute atomic E-state index is 12.6. The molecule has 1 saturated heterocycles. The van der Waals surface area contributed by atoms with Crippen LogP contribution in [0.3, 0.4) is 0 Å². The van der Waals surface area contributed by atoms with E-state index >= 15 is 0 Å². The highest BCUT2D eigenvalue weighted by molar-refractivity contribution is 5.30. The van der Waals surface area contributed by atoms with E-state index in [1.54, 1.807) is 0 Å². The fourth-order valence-corrected chi connectivity index (χ4v) is 3.44. The second-order valence-corrected chi connectivity index (χ2v) is 6.53. The highest BCUT2D eigenvalue weighted by Gasteiger charge is 2.44. The largest absolute Gasteiger partial charge is 0.416 e. The molecule has 116 valence electrons. The summed E-state index contributed by atoms with van der Waals surface area (Å²) in [6.45, 7) is 2.02. The lowest BCUT2D eigenvalue weighted by atomic mass is 9.77. The molecule has 2 aliphatic rings. The fraction of sp³-hybridized carbons (Fsp3) is 0.625. The zero-order valence-electron chi connectivity index (χ0n) is 12.0. The maximum Gasteiger partial charge on any atom is 0.416 e. The maximum atomic E-state index is 12.6. The molecular formula is C16H20F3NO. The summed E-state index contributed by atoms with van der Waals surface area (Å²) in [5.74, 6) is 0.605. The molecule has 0 amide bonds. The molecule has 1 aromatic carbocycles. The van der Waals surface area contributed by atoms with Gasteiger partial charge in [0, 0.05) is 12.1 Å². The van der Waals surface area contributed by atoms with Gasteiger partial charge in [-0.1, -0.05) is 12.1 Å². The van der Waals surface area contributed by atoms with Gasteiger partial charge in [0.25, 0.3) is 0 Å². The monoisotopic (exact) mass is 299 g/mol. The van der Waals surface area contributed by atoms with Gasteiger partial charge in [-0.25, -0.2) is 0 Å². The van der Waals surface area contributed by atoms with Crippen LogP contribution in [0.15, 0.2) is 24.3 Å². The molecule has 0 bridgehead atoms. The molecule has 1 aliphatic heterocycles. The van der Waals surface area contributed by atoms with Crippen LogP contribution in [0.25, 0.3) is 0 Å². The Labute approximate surface area is 122 Å². The van der Waals surface area contributed by atoms with Crippen molar-refractivity contribution >= 4 is 0 Å². The first-order valence-corrected chi connectivity index (χ1v) is 7.44. The molecule has 2 nitrogen and oxygen atoms in total. The van der Waals surface area contributed by atoms with Crippen LogP contribution in [-0.2, 0) is 11.8 Å². The molecule has 5 heteroatoms. The minimum atomic E-state index is -4.33. The predicted octanol–water partition coefficient (Wildman–Crippen LogP) is 3.44. The number of alkyl halides is 3. The van der Waals surface area contributed by atoms with E-state index in [4.69, 9.17) is 0 Å². The summed E-state index contributed by atoms with van der Waals surface area (Å²) in [6.07, 6.45) is -0.880. The van der Waals surface area contributed by atoms with Crippen molar-refractivity contribution in [1.29, 1.82) is 0 Å². The normalized spacial score (nSPS) is 34.0. The minimum absolute atomic E-state index is 0.164. The van der Waals surface area contributed by atoms with Crippen LogP contribution in [-0.4, -0.2) is 17.2 Å². The van der Waals surface area contributed by atoms with Crippen molar-refractivity contribution < 1.29 is 18.3 Å². The van der Waals surface area contributed by atoms with Crippen LogP contribution in [0.2, 0.25) is 0 Å². The van der Waals surface area contributed by atoms with Gasteiger partial charge in [0.2, 0.25) is 0 Å². The summed E-state index contributed by atoms with van der Waals surface area (Å²) in [5, 5.41) is 14.4. The lowest BCUT2D eigenvalue weighted by Gasteiger charge is -2.41. The van der Waals surface area contributed by atoms with E-state index in [9.17, 15) is 18.3 Å². The Morgan fingerprint density at radius 1 is 1.14 bits per heavy atom. The van der Waals surface area contributed by atoms with E-state index in [2.05, 4.69) is 5.32 Å². The third-order valence-corrected chi connectivity index (χ3v) is 4.64. The molecule has 1 heterocycles. The molecule has 1 aliphatic carbocycles. The molecule has 3 unspecified atom stereocenters. The summed E-state index contributed by atoms with van der Waals surface area (Å²) in [6, 6.07) is 5.39. The van der Waals surface area contributed by atoms with Crippen LogP contribution < -0.4 is 5.32 Å². The van der Waals surface area contributed by atoms with Gasteiger partial charge >= 0.3 is 6.18 Å². The van der Waals surface area contributed by atoms with E-state index in [-0.39, 0.29) is 12.1 Å². The van der Waals surface area contributed by atoms with Gasteiger partial charge < -0.3 is 10.4 Å². The number of nitrogens with one attached hydrogen (secondary N) is 1. The Kier molecular flexibility index (Phi) is 3.53. The van der Waals surface area contributed by atoms with Gasteiger partial charge in [0.15, 0.2) is 0 Å². The molecule has 0 spiro atoms. The number of benzene rings is 1. The zero-order valence-corrected chi connectivity index (χ0v) is 12.0. The van der Waals surface area contributed by atoms with Gasteiger partial charge in [-0.15, -0.1) is 0 Å². The Bertz CT molecular complexity index is 509. The fourth-order valence-electron chi connectivity index (χ4n) is 3.44. The summed E-state index contributed by atoms with van der Waals surface area (Å²) in [4.78, 5) is 0. The van der Waals surface area contributed by atoms with Crippen molar-refractivity contribution in [2.75, 3.05) is 0 Å². The number of hydrogen-bond acceptors (Lipinski definition) is 2. The van der Waals surface area contributed by atoms with Gasteiger partial charge in [-0.3, -0.25) is 0 Å². The first kappa shape index (κ1) is 14.9. The summed E-state index contributed by atoms with van der Waals surface area (Å²) < 4.78 is 37.9. The van der Waals surface area contributed by atoms with E-state index in [0.29, 0.717) is 24.3 Å². The average molecular weight is 299 g/mol. The van der Waals surface area contributed by atoms with Crippen LogP contribution in [0.5, 0.6) is 0 Å². The van der Waals surface area contributed by atoms with Crippen molar-refractivity contribution in [3.05, 3.63) is 35.4 Å². The molecule has 1 aromatic rings. The number of aliphatic hydroxyl groups is 1. The molecule has 21 heavy (non-hydrogen) atoms. The predicted molar refractivity (Wildman–Crippen MR) is 73.7 cm³/mol. The Hall–Kier alpha value is -1.07. The minimum Gasteiger partial charge on any atom is -0.385 e. The number of hydrogen-bond donors (Lipinski definition) is 2. The smallest absolute Gasteiger partial charge is 0.385 e. The third kappa shape index (κ3) is 3.09. The summed E-state index contributed by atoms with van der Waals surface area (Å²) >= 11 is 0. The standard InChI is InChI=1S/C16H20F3NO/c1-10-8-15(21,9-14(20-10)11-2-3-11)12-4-6-13(7-5-12)16(17,18)19/h4-7,10-11,14,20-21H,2-3,8-9H2,1H3. The van der Waals surface area contributed by atoms with E-state index < -0.39 is 17.3 Å². The van der Waals surface area contributed by atoms with Crippen LogP contribution in [0.1, 0.15) is 43.7 Å². The molecule has 0 radical (unpaired) electrons. The van der Waals surface area contributed by atoms with E-state index in [1.807, 2.05) is 6.92 Å². The van der Waals surface area contributed by atoms with Crippen molar-refractivity contribution in [3.8, 4) is 0 Å². The average Bonchev–Trinajstić information content (AvgIpc) is 3.21. The molecule has 2 fully saturated rings. The van der Waals surface area contributed by atoms with E-state index in [0.717, 1.165) is 12.1 Å².